The van der Waals surface area contributed by atoms with Crippen LogP contribution in [0.4, 0.5) is 0 Å². The maximum absolute atomic E-state index is 14.3. The molecule has 4 rings (SSSR count). The molecule has 53 heavy (non-hydrogen) atoms. The highest BCUT2D eigenvalue weighted by Gasteiger charge is 2.49. The number of hydrogen-bond donors (Lipinski definition) is 7. The molecule has 0 spiro atoms. The minimum Gasteiger partial charge on any atom is -0.504 e. The predicted octanol–water partition coefficient (Wildman–Crippen LogP) is 2.89. The number of carbonyl (C=O) groups is 2. The number of hydrogen-bond acceptors (Lipinski definition) is 13. The molecular formula is C40H57NO12. The molecule has 0 bridgehead atoms. The number of phenolic OH excluding ortho intramolecular Hbond substituents is 1. The Morgan fingerprint density at radius 3 is 2.55 bits per heavy atom. The second kappa shape index (κ2) is 20.8. The van der Waals surface area contributed by atoms with Gasteiger partial charge < -0.3 is 54.9 Å². The first kappa shape index (κ1) is 42.2. The number of aryl methyl sites for hydroxylation is 1. The van der Waals surface area contributed by atoms with Crippen LogP contribution in [0.1, 0.15) is 87.0 Å². The van der Waals surface area contributed by atoms with E-state index in [2.05, 4.69) is 12.2 Å². The highest BCUT2D eigenvalue weighted by molar-refractivity contribution is 5.94. The molecule has 0 unspecified atom stereocenters. The van der Waals surface area contributed by atoms with Crippen molar-refractivity contribution in [2.24, 2.45) is 5.92 Å². The summed E-state index contributed by atoms with van der Waals surface area (Å²) in [6.45, 7) is 3.65. The minimum absolute atomic E-state index is 0.00406. The van der Waals surface area contributed by atoms with Gasteiger partial charge in [0.1, 0.15) is 12.2 Å². The van der Waals surface area contributed by atoms with E-state index in [9.17, 15) is 40.2 Å². The number of carbonyl (C=O) groups excluding carboxylic acids is 2. The summed E-state index contributed by atoms with van der Waals surface area (Å²) < 4.78 is 22.7. The van der Waals surface area contributed by atoms with E-state index in [1.54, 1.807) is 25.1 Å². The first-order valence-electron chi connectivity index (χ1n) is 18.7. The van der Waals surface area contributed by atoms with Gasteiger partial charge in [-0.1, -0.05) is 50.5 Å². The van der Waals surface area contributed by atoms with E-state index in [0.717, 1.165) is 42.4 Å². The smallest absolute Gasteiger partial charge is 0.334 e. The van der Waals surface area contributed by atoms with Gasteiger partial charge in [-0.25, -0.2) is 4.79 Å². The molecule has 8 atom stereocenters. The second-order valence-corrected chi connectivity index (χ2v) is 14.1. The average molecular weight is 744 g/mol. The van der Waals surface area contributed by atoms with E-state index in [-0.39, 0.29) is 68.1 Å². The largest absolute Gasteiger partial charge is 0.504 e. The summed E-state index contributed by atoms with van der Waals surface area (Å²) in [6, 6.07) is 10.6. The van der Waals surface area contributed by atoms with Gasteiger partial charge in [0.15, 0.2) is 30.0 Å². The van der Waals surface area contributed by atoms with Crippen LogP contribution in [0.25, 0.3) is 6.08 Å². The van der Waals surface area contributed by atoms with E-state index in [1.165, 1.54) is 13.2 Å². The summed E-state index contributed by atoms with van der Waals surface area (Å²) >= 11 is 0. The summed E-state index contributed by atoms with van der Waals surface area (Å²) in [5, 5.41) is 65.6. The molecule has 0 amide bonds. The lowest BCUT2D eigenvalue weighted by Crippen LogP contribution is -2.62. The number of aromatic hydroxyl groups is 1. The van der Waals surface area contributed by atoms with E-state index < -0.39 is 48.7 Å². The van der Waals surface area contributed by atoms with Crippen LogP contribution < -0.4 is 10.1 Å². The maximum atomic E-state index is 14.3. The molecule has 13 nitrogen and oxygen atoms in total. The van der Waals surface area contributed by atoms with Crippen molar-refractivity contribution in [2.75, 3.05) is 33.4 Å². The molecule has 2 aliphatic rings. The minimum atomic E-state index is -1.78. The summed E-state index contributed by atoms with van der Waals surface area (Å²) in [5.74, 6) is -1.96. The van der Waals surface area contributed by atoms with Crippen molar-refractivity contribution in [3.05, 3.63) is 64.2 Å². The van der Waals surface area contributed by atoms with Crippen molar-refractivity contribution in [3.8, 4) is 11.5 Å². The zero-order valence-electron chi connectivity index (χ0n) is 31.0. The van der Waals surface area contributed by atoms with Crippen molar-refractivity contribution >= 4 is 18.0 Å². The van der Waals surface area contributed by atoms with Gasteiger partial charge in [0, 0.05) is 38.3 Å². The van der Waals surface area contributed by atoms with Crippen molar-refractivity contribution in [2.45, 2.75) is 114 Å². The third-order valence-electron chi connectivity index (χ3n) is 10.0. The molecule has 0 aromatic heterocycles. The zero-order valence-corrected chi connectivity index (χ0v) is 31.0. The number of aliphatic hydroxyl groups is 5. The Morgan fingerprint density at radius 2 is 1.85 bits per heavy atom. The quantitative estimate of drug-likeness (QED) is 0.0629. The number of unbranched alkanes of at least 4 members (excludes halogenated alkanes) is 3. The van der Waals surface area contributed by atoms with Crippen LogP contribution in [0.5, 0.6) is 11.5 Å². The first-order valence-corrected chi connectivity index (χ1v) is 18.7. The van der Waals surface area contributed by atoms with E-state index >= 15 is 0 Å². The lowest BCUT2D eigenvalue weighted by atomic mass is 9.72. The van der Waals surface area contributed by atoms with Crippen molar-refractivity contribution in [1.82, 2.24) is 5.32 Å². The van der Waals surface area contributed by atoms with Crippen molar-refractivity contribution < 1.29 is 59.2 Å². The number of esters is 2. The Hall–Kier alpha value is -3.56. The molecule has 1 saturated heterocycles. The van der Waals surface area contributed by atoms with Crippen LogP contribution in [0, 0.1) is 5.92 Å². The maximum Gasteiger partial charge on any atom is 0.334 e. The number of benzene rings is 2. The summed E-state index contributed by atoms with van der Waals surface area (Å²) in [6.07, 6.45) is -1.22. The normalized spacial score (nSPS) is 25.0. The number of methoxy groups -OCH3 is 1. The van der Waals surface area contributed by atoms with E-state index in [0.29, 0.717) is 24.8 Å². The van der Waals surface area contributed by atoms with Crippen molar-refractivity contribution in [3.63, 3.8) is 0 Å². The van der Waals surface area contributed by atoms with Crippen LogP contribution in [0.3, 0.4) is 0 Å². The third kappa shape index (κ3) is 11.7. The molecule has 1 aliphatic carbocycles. The predicted molar refractivity (Wildman–Crippen MR) is 196 cm³/mol. The Kier molecular flexibility index (Phi) is 16.5. The lowest BCUT2D eigenvalue weighted by molar-refractivity contribution is -0.287. The Balaban J connectivity index is 1.69. The SMILES string of the molecule is CCCCCCC(=O)O[C@@H]1[C@@H](O)[C@H](CNC[C@H](C)O)O[C@@H](O)[C@@H]1OC(=O)/C(=C/c1ccc(O)c(OC)c1)C[C@H]1c2cc(CCO)ccc2CC[C@H]1CO. The van der Waals surface area contributed by atoms with Crippen molar-refractivity contribution in [1.29, 1.82) is 0 Å². The van der Waals surface area contributed by atoms with Crippen LogP contribution in [0.2, 0.25) is 0 Å². The fraction of sp³-hybridized carbons (Fsp3) is 0.600. The topological polar surface area (TPSA) is 204 Å². The Bertz CT molecular complexity index is 1510. The molecule has 294 valence electrons. The van der Waals surface area contributed by atoms with Gasteiger partial charge in [0.05, 0.1) is 13.2 Å². The molecule has 1 fully saturated rings. The molecule has 0 saturated carbocycles. The number of ether oxygens (including phenoxy) is 4. The van der Waals surface area contributed by atoms with Crippen LogP contribution in [-0.2, 0) is 36.6 Å². The average Bonchev–Trinajstić information content (AvgIpc) is 3.13. The summed E-state index contributed by atoms with van der Waals surface area (Å²) in [5.41, 5.74) is 3.58. The van der Waals surface area contributed by atoms with Gasteiger partial charge in [-0.15, -0.1) is 0 Å². The zero-order chi connectivity index (χ0) is 38.5. The summed E-state index contributed by atoms with van der Waals surface area (Å²) in [7, 11) is 1.40. The second-order valence-electron chi connectivity index (χ2n) is 14.1. The van der Waals surface area contributed by atoms with Gasteiger partial charge in [0.2, 0.25) is 0 Å². The Morgan fingerprint density at radius 1 is 1.06 bits per heavy atom. The van der Waals surface area contributed by atoms with E-state index in [4.69, 9.17) is 18.9 Å². The van der Waals surface area contributed by atoms with Gasteiger partial charge in [-0.3, -0.25) is 4.79 Å². The molecule has 2 aromatic carbocycles. The van der Waals surface area contributed by atoms with E-state index in [1.807, 2.05) is 18.2 Å². The first-order chi connectivity index (χ1) is 25.5. The molecule has 1 heterocycles. The molecule has 1 aliphatic heterocycles. The van der Waals surface area contributed by atoms with Crippen LogP contribution in [0.15, 0.2) is 42.0 Å². The lowest BCUT2D eigenvalue weighted by Gasteiger charge is -2.42. The fourth-order valence-electron chi connectivity index (χ4n) is 7.09. The number of aliphatic hydroxyl groups excluding tert-OH is 5. The number of phenols is 1. The summed E-state index contributed by atoms with van der Waals surface area (Å²) in [4.78, 5) is 27.4. The highest BCUT2D eigenvalue weighted by atomic mass is 16.7. The molecule has 7 N–H and O–H groups in total. The molecular weight excluding hydrogens is 686 g/mol. The van der Waals surface area contributed by atoms with Gasteiger partial charge in [-0.2, -0.15) is 0 Å². The third-order valence-corrected chi connectivity index (χ3v) is 10.0. The van der Waals surface area contributed by atoms with Gasteiger partial charge in [0.25, 0.3) is 0 Å². The standard InChI is InChI=1S/C40H57NO12/c1-4-5-6-7-8-35(46)52-37-36(47)34(22-41-21-24(2)44)51-40(49)38(37)53-39(48)29(17-26-10-14-32(45)33(19-26)50-3)20-31-28(23-43)13-12-27-11-9-25(15-16-42)18-30(27)31/h9-11,14,17-19,24,28,31,34,36-38,40-45,47,49H,4-8,12-13,15-16,20-23H2,1-3H3/b29-17+/t24-,28-,31+,34-,36-,37+,38+,40+/m0/s1. The van der Waals surface area contributed by atoms with Gasteiger partial charge >= 0.3 is 11.9 Å². The monoisotopic (exact) mass is 743 g/mol. The number of fused-ring (bicyclic) bond motifs is 1. The number of rotatable bonds is 19. The number of nitrogens with one attached hydrogen (secondary N) is 1. The molecule has 2 aromatic rings. The van der Waals surface area contributed by atoms with Gasteiger partial charge in [-0.05, 0) is 91.3 Å². The fourth-order valence-corrected chi connectivity index (χ4v) is 7.09. The Labute approximate surface area is 311 Å². The van der Waals surface area contributed by atoms with Crippen LogP contribution in [-0.4, -0.2) is 113 Å². The molecule has 13 heteroatoms. The molecule has 0 radical (unpaired) electrons. The van der Waals surface area contributed by atoms with Crippen LogP contribution >= 0.6 is 0 Å². The highest BCUT2D eigenvalue weighted by Crippen LogP contribution is 2.42.